The molecule has 1 aromatic rings. The van der Waals surface area contributed by atoms with E-state index in [-0.39, 0.29) is 17.0 Å². The first kappa shape index (κ1) is 15.5. The van der Waals surface area contributed by atoms with Gasteiger partial charge in [-0.1, -0.05) is 11.6 Å². The number of nitrogens with one attached hydrogen (secondary N) is 1. The molecule has 0 aromatic heterocycles. The lowest BCUT2D eigenvalue weighted by atomic mass is 10.0. The molecule has 1 N–H and O–H groups in total. The standard InChI is InChI=1S/C13H10ClF3N2O2S/c1-5-2-8-11(12(20)18-5)22-10-4-9(21-13(15,16)17)6(14)3-7(10)19-8/h3-5,11H,2H2,1H3,(H,18,20). The lowest BCUT2D eigenvalue weighted by Crippen LogP contribution is -2.50. The summed E-state index contributed by atoms with van der Waals surface area (Å²) >= 11 is 6.97. The van der Waals surface area contributed by atoms with Crippen LogP contribution in [-0.2, 0) is 4.79 Å². The second-order valence-electron chi connectivity index (χ2n) is 5.01. The van der Waals surface area contributed by atoms with E-state index in [2.05, 4.69) is 15.0 Å². The van der Waals surface area contributed by atoms with Crippen molar-refractivity contribution in [3.63, 3.8) is 0 Å². The number of carbonyl (C=O) groups is 1. The molecular weight excluding hydrogens is 341 g/mol. The Morgan fingerprint density at radius 2 is 2.18 bits per heavy atom. The highest BCUT2D eigenvalue weighted by atomic mass is 35.5. The second kappa shape index (κ2) is 5.34. The maximum absolute atomic E-state index is 12.3. The Balaban J connectivity index is 1.98. The molecule has 2 aliphatic rings. The smallest absolute Gasteiger partial charge is 0.404 e. The average Bonchev–Trinajstić information content (AvgIpc) is 2.36. The zero-order valence-electron chi connectivity index (χ0n) is 11.2. The van der Waals surface area contributed by atoms with Crippen LogP contribution >= 0.6 is 23.4 Å². The molecule has 118 valence electrons. The topological polar surface area (TPSA) is 50.7 Å². The minimum Gasteiger partial charge on any atom is -0.404 e. The molecule has 0 bridgehead atoms. The van der Waals surface area contributed by atoms with Gasteiger partial charge >= 0.3 is 6.36 Å². The Morgan fingerprint density at radius 3 is 2.86 bits per heavy atom. The van der Waals surface area contributed by atoms with Crippen molar-refractivity contribution in [2.75, 3.05) is 0 Å². The Labute approximate surface area is 133 Å². The van der Waals surface area contributed by atoms with Gasteiger partial charge in [0.05, 0.1) is 10.7 Å². The van der Waals surface area contributed by atoms with E-state index in [0.29, 0.717) is 22.7 Å². The van der Waals surface area contributed by atoms with Crippen molar-refractivity contribution in [1.82, 2.24) is 5.32 Å². The summed E-state index contributed by atoms with van der Waals surface area (Å²) < 4.78 is 40.9. The summed E-state index contributed by atoms with van der Waals surface area (Å²) in [6, 6.07) is 2.47. The van der Waals surface area contributed by atoms with Crippen LogP contribution in [0, 0.1) is 0 Å². The summed E-state index contributed by atoms with van der Waals surface area (Å²) in [4.78, 5) is 16.8. The molecule has 2 aliphatic heterocycles. The maximum atomic E-state index is 12.3. The number of halogens is 4. The van der Waals surface area contributed by atoms with Gasteiger partial charge < -0.3 is 10.1 Å². The third-order valence-electron chi connectivity index (χ3n) is 3.19. The molecule has 0 radical (unpaired) electrons. The molecule has 1 saturated heterocycles. The minimum absolute atomic E-state index is 0.0204. The summed E-state index contributed by atoms with van der Waals surface area (Å²) in [5, 5.41) is 2.10. The molecule has 3 rings (SSSR count). The van der Waals surface area contributed by atoms with Gasteiger partial charge in [0.15, 0.2) is 0 Å². The number of nitrogens with zero attached hydrogens (tertiary/aromatic N) is 1. The number of benzene rings is 1. The number of rotatable bonds is 1. The van der Waals surface area contributed by atoms with Crippen molar-refractivity contribution in [1.29, 1.82) is 0 Å². The molecule has 0 aliphatic carbocycles. The third-order valence-corrected chi connectivity index (χ3v) is 4.79. The molecule has 22 heavy (non-hydrogen) atoms. The first-order chi connectivity index (χ1) is 10.2. The van der Waals surface area contributed by atoms with Crippen molar-refractivity contribution in [2.45, 2.75) is 35.9 Å². The van der Waals surface area contributed by atoms with Crippen LogP contribution in [-0.4, -0.2) is 29.3 Å². The summed E-state index contributed by atoms with van der Waals surface area (Å²) in [5.74, 6) is -0.690. The fourth-order valence-corrected chi connectivity index (χ4v) is 3.67. The molecule has 2 unspecified atom stereocenters. The van der Waals surface area contributed by atoms with Gasteiger partial charge in [-0.2, -0.15) is 0 Å². The Bertz CT molecular complexity index is 678. The number of carbonyl (C=O) groups excluding carboxylic acids is 1. The first-order valence-corrected chi connectivity index (χ1v) is 7.62. The fraction of sp³-hybridized carbons (Fsp3) is 0.385. The zero-order chi connectivity index (χ0) is 16.1. The number of thioether (sulfide) groups is 1. The average molecular weight is 351 g/mol. The van der Waals surface area contributed by atoms with Crippen molar-refractivity contribution in [2.24, 2.45) is 4.99 Å². The Hall–Kier alpha value is -1.41. The quantitative estimate of drug-likeness (QED) is 0.840. The number of fused-ring (bicyclic) bond motifs is 2. The van der Waals surface area contributed by atoms with Gasteiger partial charge in [0.1, 0.15) is 11.0 Å². The SMILES string of the molecule is CC1CC2=Nc3cc(Cl)c(OC(F)(F)F)cc3SC2C(=O)N1. The molecule has 4 nitrogen and oxygen atoms in total. The number of hydrogen-bond acceptors (Lipinski definition) is 4. The monoisotopic (exact) mass is 350 g/mol. The third kappa shape index (κ3) is 3.03. The number of alkyl halides is 3. The summed E-state index contributed by atoms with van der Waals surface area (Å²) in [5.41, 5.74) is 1.16. The van der Waals surface area contributed by atoms with E-state index in [4.69, 9.17) is 11.6 Å². The first-order valence-electron chi connectivity index (χ1n) is 6.37. The molecule has 0 saturated carbocycles. The highest BCUT2D eigenvalue weighted by Gasteiger charge is 2.37. The maximum Gasteiger partial charge on any atom is 0.573 e. The van der Waals surface area contributed by atoms with E-state index >= 15 is 0 Å². The lowest BCUT2D eigenvalue weighted by molar-refractivity contribution is -0.274. The highest BCUT2D eigenvalue weighted by Crippen LogP contribution is 2.45. The van der Waals surface area contributed by atoms with Crippen molar-refractivity contribution in [3.05, 3.63) is 17.2 Å². The van der Waals surface area contributed by atoms with Gasteiger partial charge in [-0.25, -0.2) is 0 Å². The minimum atomic E-state index is -4.83. The zero-order valence-corrected chi connectivity index (χ0v) is 12.8. The molecule has 2 heterocycles. The van der Waals surface area contributed by atoms with Crippen molar-refractivity contribution < 1.29 is 22.7 Å². The van der Waals surface area contributed by atoms with E-state index in [1.165, 1.54) is 12.1 Å². The number of amides is 1. The Morgan fingerprint density at radius 1 is 1.45 bits per heavy atom. The van der Waals surface area contributed by atoms with Crippen molar-refractivity contribution in [3.8, 4) is 5.75 Å². The Kier molecular flexibility index (Phi) is 3.76. The van der Waals surface area contributed by atoms with Crippen LogP contribution in [0.1, 0.15) is 13.3 Å². The normalized spacial score (nSPS) is 24.0. The van der Waals surface area contributed by atoms with E-state index in [1.807, 2.05) is 6.92 Å². The molecule has 2 atom stereocenters. The molecule has 1 aromatic carbocycles. The predicted molar refractivity (Wildman–Crippen MR) is 77.1 cm³/mol. The van der Waals surface area contributed by atoms with E-state index in [0.717, 1.165) is 11.8 Å². The molecule has 0 spiro atoms. The number of aliphatic imine (C=N–C) groups is 1. The summed E-state index contributed by atoms with van der Waals surface area (Å²) in [6.45, 7) is 1.87. The predicted octanol–water partition coefficient (Wildman–Crippen LogP) is 3.69. The van der Waals surface area contributed by atoms with Gasteiger partial charge in [0, 0.05) is 23.1 Å². The van der Waals surface area contributed by atoms with Gasteiger partial charge in [0.2, 0.25) is 5.91 Å². The number of piperidine rings is 1. The van der Waals surface area contributed by atoms with Crippen molar-refractivity contribution >= 4 is 40.7 Å². The van der Waals surface area contributed by atoms with Crippen LogP contribution in [0.25, 0.3) is 0 Å². The molecule has 1 fully saturated rings. The lowest BCUT2D eigenvalue weighted by Gasteiger charge is -2.31. The van der Waals surface area contributed by atoms with E-state index in [9.17, 15) is 18.0 Å². The van der Waals surface area contributed by atoms with Crippen LogP contribution in [0.4, 0.5) is 18.9 Å². The van der Waals surface area contributed by atoms with Gasteiger partial charge in [-0.3, -0.25) is 9.79 Å². The summed E-state index contributed by atoms with van der Waals surface area (Å²) in [6.07, 6.45) is -4.23. The van der Waals surface area contributed by atoms with Crippen LogP contribution in [0.3, 0.4) is 0 Å². The summed E-state index contributed by atoms with van der Waals surface area (Å²) in [7, 11) is 0. The van der Waals surface area contributed by atoms with Gasteiger partial charge in [0.25, 0.3) is 0 Å². The van der Waals surface area contributed by atoms with Crippen LogP contribution in [0.5, 0.6) is 5.75 Å². The van der Waals surface area contributed by atoms with Crippen LogP contribution < -0.4 is 10.1 Å². The van der Waals surface area contributed by atoms with Crippen LogP contribution in [0.15, 0.2) is 22.0 Å². The van der Waals surface area contributed by atoms with E-state index in [1.54, 1.807) is 0 Å². The number of hydrogen-bond donors (Lipinski definition) is 1. The largest absolute Gasteiger partial charge is 0.573 e. The fourth-order valence-electron chi connectivity index (χ4n) is 2.36. The number of ether oxygens (including phenoxy) is 1. The van der Waals surface area contributed by atoms with E-state index < -0.39 is 17.4 Å². The van der Waals surface area contributed by atoms with Gasteiger partial charge in [-0.15, -0.1) is 24.9 Å². The van der Waals surface area contributed by atoms with Gasteiger partial charge in [-0.05, 0) is 19.1 Å². The second-order valence-corrected chi connectivity index (χ2v) is 6.57. The van der Waals surface area contributed by atoms with Crippen LogP contribution in [0.2, 0.25) is 5.02 Å². The highest BCUT2D eigenvalue weighted by molar-refractivity contribution is 8.01. The molecule has 9 heteroatoms. The molecular formula is C13H10ClF3N2O2S. The molecule has 1 amide bonds.